The lowest BCUT2D eigenvalue weighted by Crippen LogP contribution is -2.51. The summed E-state index contributed by atoms with van der Waals surface area (Å²) in [6, 6.07) is 7.27. The van der Waals surface area contributed by atoms with Gasteiger partial charge in [-0.15, -0.1) is 11.3 Å². The van der Waals surface area contributed by atoms with Crippen LogP contribution in [-0.2, 0) is 11.2 Å². The van der Waals surface area contributed by atoms with E-state index in [1.165, 1.54) is 11.3 Å². The molecule has 2 aliphatic rings. The minimum atomic E-state index is -0.952. The lowest BCUT2D eigenvalue weighted by molar-refractivity contribution is -0.135. The first-order valence-electron chi connectivity index (χ1n) is 10.9. The van der Waals surface area contributed by atoms with Crippen LogP contribution >= 0.6 is 11.3 Å². The van der Waals surface area contributed by atoms with Gasteiger partial charge in [0.2, 0.25) is 0 Å². The first-order chi connectivity index (χ1) is 15.4. The van der Waals surface area contributed by atoms with Crippen LogP contribution in [0.3, 0.4) is 0 Å². The summed E-state index contributed by atoms with van der Waals surface area (Å²) in [4.78, 5) is 33.0. The van der Waals surface area contributed by atoms with Crippen LogP contribution in [0.1, 0.15) is 35.3 Å². The molecule has 0 unspecified atom stereocenters. The molecule has 1 spiro atoms. The third-order valence-electron chi connectivity index (χ3n) is 6.60. The summed E-state index contributed by atoms with van der Waals surface area (Å²) in [6.45, 7) is 1.37. The average Bonchev–Trinajstić information content (AvgIpc) is 3.32. The number of aromatic nitrogens is 1. The summed E-state index contributed by atoms with van der Waals surface area (Å²) in [6.07, 6.45) is -0.0541. The largest absolute Gasteiger partial charge is 0.483 e. The summed E-state index contributed by atoms with van der Waals surface area (Å²) in [5.41, 5.74) is 2.45. The fraction of sp³-hybridized carbons (Fsp3) is 0.522. The first kappa shape index (κ1) is 22.7. The van der Waals surface area contributed by atoms with E-state index in [0.29, 0.717) is 50.3 Å². The maximum atomic E-state index is 12.8. The van der Waals surface area contributed by atoms with E-state index in [1.807, 2.05) is 18.2 Å². The maximum absolute atomic E-state index is 12.8. The van der Waals surface area contributed by atoms with Gasteiger partial charge in [0.15, 0.2) is 6.61 Å². The van der Waals surface area contributed by atoms with Gasteiger partial charge in [0.1, 0.15) is 11.4 Å². The van der Waals surface area contributed by atoms with E-state index >= 15 is 0 Å². The molecule has 4 rings (SSSR count). The topological polar surface area (TPSA) is 103 Å². The molecule has 1 aromatic carbocycles. The zero-order valence-electron chi connectivity index (χ0n) is 18.1. The molecule has 2 amide bonds. The Balaban J connectivity index is 1.53. The molecule has 2 atom stereocenters. The van der Waals surface area contributed by atoms with Crippen molar-refractivity contribution in [3.63, 3.8) is 0 Å². The SMILES string of the molecule is CN1CC2(CCN(C(=O)c3cscn3)CC2)C[C@@H](O)[C@@H](O)Cc2ccccc2OCC1=O. The average molecular weight is 460 g/mol. The van der Waals surface area contributed by atoms with Gasteiger partial charge in [-0.25, -0.2) is 4.98 Å². The van der Waals surface area contributed by atoms with Crippen LogP contribution in [0.25, 0.3) is 0 Å². The van der Waals surface area contributed by atoms with Gasteiger partial charge in [0.05, 0.1) is 17.7 Å². The number of carbonyl (C=O) groups excluding carboxylic acids is 2. The number of likely N-dealkylation sites (tertiary alicyclic amines) is 1. The van der Waals surface area contributed by atoms with Crippen molar-refractivity contribution < 1.29 is 24.5 Å². The summed E-state index contributed by atoms with van der Waals surface area (Å²) in [7, 11) is 1.74. The number of hydrogen-bond donors (Lipinski definition) is 2. The molecule has 1 fully saturated rings. The van der Waals surface area contributed by atoms with Crippen LogP contribution in [0.5, 0.6) is 5.75 Å². The highest BCUT2D eigenvalue weighted by Gasteiger charge is 2.41. The monoisotopic (exact) mass is 459 g/mol. The Kier molecular flexibility index (Phi) is 6.78. The maximum Gasteiger partial charge on any atom is 0.273 e. The molecule has 9 heteroatoms. The van der Waals surface area contributed by atoms with E-state index in [2.05, 4.69) is 4.98 Å². The van der Waals surface area contributed by atoms with Crippen LogP contribution in [0.15, 0.2) is 35.2 Å². The number of carbonyl (C=O) groups is 2. The molecule has 0 aliphatic carbocycles. The fourth-order valence-corrected chi connectivity index (χ4v) is 5.21. The van der Waals surface area contributed by atoms with Crippen LogP contribution < -0.4 is 4.74 Å². The van der Waals surface area contributed by atoms with Crippen molar-refractivity contribution in [2.45, 2.75) is 37.9 Å². The molecular weight excluding hydrogens is 430 g/mol. The van der Waals surface area contributed by atoms with Gasteiger partial charge in [-0.3, -0.25) is 9.59 Å². The molecule has 8 nitrogen and oxygen atoms in total. The number of piperidine rings is 1. The van der Waals surface area contributed by atoms with Crippen LogP contribution in [0.2, 0.25) is 0 Å². The van der Waals surface area contributed by atoms with Crippen molar-refractivity contribution >= 4 is 23.2 Å². The number of para-hydroxylation sites is 1. The van der Waals surface area contributed by atoms with Crippen molar-refractivity contribution in [1.82, 2.24) is 14.8 Å². The number of thiazole rings is 1. The Bertz CT molecular complexity index is 943. The second kappa shape index (κ2) is 9.56. The third kappa shape index (κ3) is 4.95. The van der Waals surface area contributed by atoms with Gasteiger partial charge in [-0.05, 0) is 36.3 Å². The van der Waals surface area contributed by atoms with E-state index < -0.39 is 17.6 Å². The standard InChI is InChI=1S/C23H29N3O5S/c1-25-14-23(6-8-26(9-7-23)22(30)17-13-32-15-24-17)11-19(28)18(27)10-16-4-2-3-5-20(16)31-12-21(25)29/h2-5,13,15,18-19,27-28H,6-12,14H2,1H3/t18-,19+/m0/s1. The Hall–Kier alpha value is -2.49. The Morgan fingerprint density at radius 1 is 1.22 bits per heavy atom. The van der Waals surface area contributed by atoms with Crippen molar-refractivity contribution in [3.05, 3.63) is 46.4 Å². The molecular formula is C23H29N3O5S. The predicted molar refractivity (Wildman–Crippen MR) is 120 cm³/mol. The van der Waals surface area contributed by atoms with Crippen molar-refractivity contribution in [1.29, 1.82) is 0 Å². The number of likely N-dealkylation sites (N-methyl/N-ethyl adjacent to an activating group) is 1. The number of ether oxygens (including phenoxy) is 1. The summed E-state index contributed by atoms with van der Waals surface area (Å²) >= 11 is 1.39. The predicted octanol–water partition coefficient (Wildman–Crippen LogP) is 1.57. The number of benzene rings is 1. The Morgan fingerprint density at radius 3 is 2.69 bits per heavy atom. The zero-order chi connectivity index (χ0) is 22.7. The normalized spacial score (nSPS) is 24.3. The molecule has 0 bridgehead atoms. The van der Waals surface area contributed by atoms with Gasteiger partial charge >= 0.3 is 0 Å². The summed E-state index contributed by atoms with van der Waals surface area (Å²) < 4.78 is 5.75. The smallest absolute Gasteiger partial charge is 0.273 e. The highest BCUT2D eigenvalue weighted by molar-refractivity contribution is 7.07. The molecule has 2 aromatic rings. The van der Waals surface area contributed by atoms with E-state index in [0.717, 1.165) is 5.56 Å². The van der Waals surface area contributed by atoms with Gasteiger partial charge in [-0.2, -0.15) is 0 Å². The molecule has 3 heterocycles. The molecule has 1 aromatic heterocycles. The van der Waals surface area contributed by atoms with Gasteiger partial charge in [-0.1, -0.05) is 18.2 Å². The highest BCUT2D eigenvalue weighted by Crippen LogP contribution is 2.38. The summed E-state index contributed by atoms with van der Waals surface area (Å²) in [5.74, 6) is 0.310. The minimum absolute atomic E-state index is 0.0866. The number of aliphatic hydroxyl groups is 2. The molecule has 172 valence electrons. The number of hydrogen-bond acceptors (Lipinski definition) is 7. The first-order valence-corrected chi connectivity index (χ1v) is 11.8. The number of rotatable bonds is 1. The van der Waals surface area contributed by atoms with Crippen LogP contribution in [0.4, 0.5) is 0 Å². The molecule has 0 saturated carbocycles. The third-order valence-corrected chi connectivity index (χ3v) is 7.19. The van der Waals surface area contributed by atoms with Gasteiger partial charge in [0.25, 0.3) is 11.8 Å². The number of fused-ring (bicyclic) bond motifs is 1. The second-order valence-corrected chi connectivity index (χ2v) is 9.57. The Morgan fingerprint density at radius 2 is 1.97 bits per heavy atom. The lowest BCUT2D eigenvalue weighted by Gasteiger charge is -2.45. The molecule has 1 saturated heterocycles. The molecule has 2 aliphatic heterocycles. The van der Waals surface area contributed by atoms with Crippen LogP contribution in [0, 0.1) is 5.41 Å². The van der Waals surface area contributed by atoms with Crippen molar-refractivity contribution in [3.8, 4) is 5.75 Å². The quantitative estimate of drug-likeness (QED) is 0.671. The van der Waals surface area contributed by atoms with Crippen molar-refractivity contribution in [2.24, 2.45) is 5.41 Å². The van der Waals surface area contributed by atoms with E-state index in [1.54, 1.807) is 33.8 Å². The molecule has 0 radical (unpaired) electrons. The molecule has 32 heavy (non-hydrogen) atoms. The van der Waals surface area contributed by atoms with E-state index in [4.69, 9.17) is 4.74 Å². The van der Waals surface area contributed by atoms with Gasteiger partial charge < -0.3 is 24.7 Å². The second-order valence-electron chi connectivity index (χ2n) is 8.86. The van der Waals surface area contributed by atoms with E-state index in [-0.39, 0.29) is 24.8 Å². The molecule has 2 N–H and O–H groups in total. The van der Waals surface area contributed by atoms with E-state index in [9.17, 15) is 19.8 Å². The Labute approximate surface area is 191 Å². The number of aliphatic hydroxyl groups excluding tert-OH is 2. The summed E-state index contributed by atoms with van der Waals surface area (Å²) in [5, 5.41) is 23.4. The van der Waals surface area contributed by atoms with Crippen molar-refractivity contribution in [2.75, 3.05) is 33.3 Å². The highest BCUT2D eigenvalue weighted by atomic mass is 32.1. The number of nitrogens with zero attached hydrogens (tertiary/aromatic N) is 3. The lowest BCUT2D eigenvalue weighted by atomic mass is 9.72. The van der Waals surface area contributed by atoms with Crippen LogP contribution in [-0.4, -0.2) is 82.3 Å². The zero-order valence-corrected chi connectivity index (χ0v) is 19.0. The van der Waals surface area contributed by atoms with Gasteiger partial charge in [0, 0.05) is 38.5 Å². The number of amides is 2. The fourth-order valence-electron chi connectivity index (χ4n) is 4.69. The minimum Gasteiger partial charge on any atom is -0.483 e.